The predicted octanol–water partition coefficient (Wildman–Crippen LogP) is 2.34. The average Bonchev–Trinajstić information content (AvgIpc) is 2.04. The summed E-state index contributed by atoms with van der Waals surface area (Å²) in [5.74, 6) is -0.342. The summed E-state index contributed by atoms with van der Waals surface area (Å²) in [6, 6.07) is 0. The van der Waals surface area contributed by atoms with Crippen molar-refractivity contribution in [2.75, 3.05) is 25.6 Å². The van der Waals surface area contributed by atoms with Gasteiger partial charge in [-0.3, -0.25) is 4.79 Å². The second kappa shape index (κ2) is 6.20. The molecule has 0 N–H and O–H groups in total. The van der Waals surface area contributed by atoms with Gasteiger partial charge < -0.3 is 9.30 Å². The zero-order chi connectivity index (χ0) is 10.3. The van der Waals surface area contributed by atoms with Gasteiger partial charge in [0.1, 0.15) is 0 Å². The van der Waals surface area contributed by atoms with Gasteiger partial charge in [-0.05, 0) is 12.8 Å². The van der Waals surface area contributed by atoms with Gasteiger partial charge in [0.25, 0.3) is 0 Å². The fourth-order valence-corrected chi connectivity index (χ4v) is 4.15. The molecular weight excluding hydrogens is 187 g/mol. The Balaban J connectivity index is 4.23. The number of hydrogen-bond donors (Lipinski definition) is 0. The van der Waals surface area contributed by atoms with Gasteiger partial charge in [0.15, 0.2) is 0 Å². The van der Waals surface area contributed by atoms with E-state index in [2.05, 4.69) is 4.74 Å². The van der Waals surface area contributed by atoms with Crippen molar-refractivity contribution in [3.05, 3.63) is 0 Å². The fraction of sp³-hybridized carbons (Fsp3) is 0.889. The van der Waals surface area contributed by atoms with Crippen molar-refractivity contribution in [3.63, 3.8) is 0 Å². The van der Waals surface area contributed by atoms with E-state index in [1.807, 2.05) is 13.8 Å². The highest BCUT2D eigenvalue weighted by Gasteiger charge is 2.23. The molecule has 0 rings (SSSR count). The average molecular weight is 206 g/mol. The van der Waals surface area contributed by atoms with Crippen molar-refractivity contribution in [3.8, 4) is 0 Å². The molecule has 0 aromatic rings. The van der Waals surface area contributed by atoms with Crippen molar-refractivity contribution in [1.82, 2.24) is 0 Å². The smallest absolute Gasteiger partial charge is 0.312 e. The Morgan fingerprint density at radius 1 is 1.23 bits per heavy atom. The van der Waals surface area contributed by atoms with E-state index in [0.717, 1.165) is 12.8 Å². The standard InChI is InChI=1S/C9H19O3P/c1-4-6-13(11,7-5-2)8-9(10)12-3/h4-8H2,1-3H3. The molecule has 0 spiro atoms. The molecule has 0 radical (unpaired) electrons. The Kier molecular flexibility index (Phi) is 6.06. The van der Waals surface area contributed by atoms with E-state index in [-0.39, 0.29) is 12.1 Å². The van der Waals surface area contributed by atoms with Crippen LogP contribution >= 0.6 is 7.14 Å². The number of carbonyl (C=O) groups excluding carboxylic acids is 1. The summed E-state index contributed by atoms with van der Waals surface area (Å²) in [5, 5.41) is 0. The summed E-state index contributed by atoms with van der Waals surface area (Å²) in [6.45, 7) is 3.97. The van der Waals surface area contributed by atoms with Gasteiger partial charge in [-0.25, -0.2) is 0 Å². The first-order valence-corrected chi connectivity index (χ1v) is 6.98. The van der Waals surface area contributed by atoms with Gasteiger partial charge in [-0.1, -0.05) is 13.8 Å². The molecule has 3 nitrogen and oxygen atoms in total. The van der Waals surface area contributed by atoms with Gasteiger partial charge in [0.2, 0.25) is 0 Å². The highest BCUT2D eigenvalue weighted by atomic mass is 31.2. The predicted molar refractivity (Wildman–Crippen MR) is 54.8 cm³/mol. The lowest BCUT2D eigenvalue weighted by molar-refractivity contribution is -0.137. The summed E-state index contributed by atoms with van der Waals surface area (Å²) < 4.78 is 16.6. The van der Waals surface area contributed by atoms with Gasteiger partial charge in [-0.2, -0.15) is 0 Å². The first-order chi connectivity index (χ1) is 6.08. The summed E-state index contributed by atoms with van der Waals surface area (Å²) in [7, 11) is -0.929. The second-order valence-electron chi connectivity index (χ2n) is 3.24. The molecule has 0 atom stereocenters. The van der Waals surface area contributed by atoms with Crippen molar-refractivity contribution in [2.24, 2.45) is 0 Å². The molecule has 13 heavy (non-hydrogen) atoms. The number of carbonyl (C=O) groups is 1. The molecule has 0 unspecified atom stereocenters. The molecule has 0 aromatic carbocycles. The van der Waals surface area contributed by atoms with Gasteiger partial charge in [0, 0.05) is 12.3 Å². The maximum Gasteiger partial charge on any atom is 0.312 e. The maximum atomic E-state index is 12.1. The third kappa shape index (κ3) is 5.09. The molecule has 0 bridgehead atoms. The molecule has 0 heterocycles. The van der Waals surface area contributed by atoms with Crippen LogP contribution in [-0.4, -0.2) is 31.6 Å². The van der Waals surface area contributed by atoms with E-state index < -0.39 is 7.14 Å². The minimum Gasteiger partial charge on any atom is -0.469 e. The van der Waals surface area contributed by atoms with E-state index in [1.54, 1.807) is 0 Å². The van der Waals surface area contributed by atoms with E-state index in [4.69, 9.17) is 0 Å². The number of methoxy groups -OCH3 is 1. The second-order valence-corrected chi connectivity index (χ2v) is 6.57. The zero-order valence-corrected chi connectivity index (χ0v) is 9.60. The monoisotopic (exact) mass is 206 g/mol. The Morgan fingerprint density at radius 3 is 2.00 bits per heavy atom. The van der Waals surface area contributed by atoms with Crippen LogP contribution in [0.25, 0.3) is 0 Å². The van der Waals surface area contributed by atoms with E-state index >= 15 is 0 Å². The molecule has 0 aliphatic rings. The minimum atomic E-state index is -2.27. The van der Waals surface area contributed by atoms with Crippen LogP contribution in [0.5, 0.6) is 0 Å². The SMILES string of the molecule is CCCP(=O)(CCC)CC(=O)OC. The summed E-state index contributed by atoms with van der Waals surface area (Å²) in [4.78, 5) is 11.0. The summed E-state index contributed by atoms with van der Waals surface area (Å²) in [6.07, 6.45) is 3.18. The van der Waals surface area contributed by atoms with Crippen LogP contribution in [0, 0.1) is 0 Å². The van der Waals surface area contributed by atoms with Crippen LogP contribution < -0.4 is 0 Å². The third-order valence-electron chi connectivity index (χ3n) is 1.91. The van der Waals surface area contributed by atoms with Gasteiger partial charge >= 0.3 is 5.97 Å². The number of hydrogen-bond acceptors (Lipinski definition) is 3. The van der Waals surface area contributed by atoms with Crippen LogP contribution in [0.1, 0.15) is 26.7 Å². The lowest BCUT2D eigenvalue weighted by atomic mass is 10.6. The first-order valence-electron chi connectivity index (χ1n) is 4.72. The lowest BCUT2D eigenvalue weighted by Crippen LogP contribution is -2.11. The first kappa shape index (κ1) is 12.7. The van der Waals surface area contributed by atoms with Crippen LogP contribution in [0.2, 0.25) is 0 Å². The number of esters is 1. The quantitative estimate of drug-likeness (QED) is 0.495. The Labute approximate surface area is 80.2 Å². The van der Waals surface area contributed by atoms with Crippen molar-refractivity contribution >= 4 is 13.1 Å². The van der Waals surface area contributed by atoms with Crippen molar-refractivity contribution in [2.45, 2.75) is 26.7 Å². The van der Waals surface area contributed by atoms with E-state index in [0.29, 0.717) is 12.3 Å². The highest BCUT2D eigenvalue weighted by molar-refractivity contribution is 7.64. The molecule has 0 saturated heterocycles. The molecule has 0 aliphatic carbocycles. The topological polar surface area (TPSA) is 43.4 Å². The zero-order valence-electron chi connectivity index (χ0n) is 8.71. The number of ether oxygens (including phenoxy) is 1. The Hall–Kier alpha value is -0.300. The lowest BCUT2D eigenvalue weighted by Gasteiger charge is -2.14. The molecule has 4 heteroatoms. The molecule has 0 saturated carbocycles. The molecule has 0 aromatic heterocycles. The van der Waals surface area contributed by atoms with Crippen LogP contribution in [-0.2, 0) is 14.1 Å². The summed E-state index contributed by atoms with van der Waals surface area (Å²) >= 11 is 0. The molecular formula is C9H19O3P. The van der Waals surface area contributed by atoms with Crippen molar-refractivity contribution in [1.29, 1.82) is 0 Å². The molecule has 0 amide bonds. The highest BCUT2D eigenvalue weighted by Crippen LogP contribution is 2.46. The molecule has 0 fully saturated rings. The van der Waals surface area contributed by atoms with Crippen LogP contribution in [0.4, 0.5) is 0 Å². The Morgan fingerprint density at radius 2 is 1.69 bits per heavy atom. The normalized spacial score (nSPS) is 11.3. The van der Waals surface area contributed by atoms with Crippen LogP contribution in [0.3, 0.4) is 0 Å². The maximum absolute atomic E-state index is 12.1. The largest absolute Gasteiger partial charge is 0.469 e. The van der Waals surface area contributed by atoms with Crippen molar-refractivity contribution < 1.29 is 14.1 Å². The van der Waals surface area contributed by atoms with E-state index in [1.165, 1.54) is 7.11 Å². The molecule has 0 aliphatic heterocycles. The van der Waals surface area contributed by atoms with Crippen LogP contribution in [0.15, 0.2) is 0 Å². The third-order valence-corrected chi connectivity index (χ3v) is 5.27. The minimum absolute atomic E-state index is 0.116. The number of rotatable bonds is 6. The van der Waals surface area contributed by atoms with E-state index in [9.17, 15) is 9.36 Å². The molecule has 78 valence electrons. The van der Waals surface area contributed by atoms with Gasteiger partial charge in [-0.15, -0.1) is 0 Å². The van der Waals surface area contributed by atoms with Gasteiger partial charge in [0.05, 0.1) is 20.4 Å². The summed E-state index contributed by atoms with van der Waals surface area (Å²) in [5.41, 5.74) is 0. The fourth-order valence-electron chi connectivity index (χ4n) is 1.38. The Bertz CT molecular complexity index is 191.